The van der Waals surface area contributed by atoms with Crippen molar-refractivity contribution in [2.45, 2.75) is 38.5 Å². The zero-order valence-corrected chi connectivity index (χ0v) is 12.6. The highest BCUT2D eigenvalue weighted by Crippen LogP contribution is 2.20. The van der Waals surface area contributed by atoms with E-state index in [2.05, 4.69) is 38.0 Å². The molecule has 0 radical (unpaired) electrons. The van der Waals surface area contributed by atoms with Crippen LogP contribution in [0.4, 0.5) is 0 Å². The van der Waals surface area contributed by atoms with E-state index in [1.165, 1.54) is 17.8 Å². The molecule has 0 atom stereocenters. The summed E-state index contributed by atoms with van der Waals surface area (Å²) in [5.41, 5.74) is 4.18. The topological polar surface area (TPSA) is 41.1 Å². The lowest BCUT2D eigenvalue weighted by molar-refractivity contribution is 0.312. The lowest BCUT2D eigenvalue weighted by Crippen LogP contribution is -2.18. The van der Waals surface area contributed by atoms with Gasteiger partial charge in [-0.3, -0.25) is 4.90 Å². The van der Waals surface area contributed by atoms with Gasteiger partial charge in [0.1, 0.15) is 5.01 Å². The van der Waals surface area contributed by atoms with Gasteiger partial charge in [-0.05, 0) is 19.9 Å². The van der Waals surface area contributed by atoms with Gasteiger partial charge in [-0.25, -0.2) is 9.97 Å². The van der Waals surface area contributed by atoms with Gasteiger partial charge in [-0.15, -0.1) is 22.7 Å². The van der Waals surface area contributed by atoms with E-state index < -0.39 is 0 Å². The Hall–Kier alpha value is -0.820. The summed E-state index contributed by atoms with van der Waals surface area (Å²) < 4.78 is 0. The molecule has 0 amide bonds. The molecule has 3 rings (SSSR count). The summed E-state index contributed by atoms with van der Waals surface area (Å²) in [5, 5.41) is 8.97. The van der Waals surface area contributed by atoms with E-state index in [1.54, 1.807) is 22.7 Å². The van der Waals surface area contributed by atoms with E-state index in [4.69, 9.17) is 0 Å². The van der Waals surface area contributed by atoms with Crippen LogP contribution in [0, 0.1) is 0 Å². The first-order chi connectivity index (χ1) is 9.29. The first kappa shape index (κ1) is 13.2. The molecule has 4 nitrogen and oxygen atoms in total. The fraction of sp³-hybridized carbons (Fsp3) is 0.538. The van der Waals surface area contributed by atoms with Gasteiger partial charge in [0.25, 0.3) is 0 Å². The summed E-state index contributed by atoms with van der Waals surface area (Å²) in [6, 6.07) is 0.750. The molecule has 0 unspecified atom stereocenters. The standard InChI is InChI=1S/C13H18N4S2/c1-17(5-11-7-18-9-15-11)6-12-8-19-13(16-12)4-14-10-2-3-10/h7-10,14H,2-6H2,1H3. The Balaban J connectivity index is 1.48. The van der Waals surface area contributed by atoms with Crippen LogP contribution in [0.25, 0.3) is 0 Å². The Morgan fingerprint density at radius 3 is 2.89 bits per heavy atom. The van der Waals surface area contributed by atoms with Crippen LogP contribution in [-0.4, -0.2) is 28.0 Å². The van der Waals surface area contributed by atoms with Crippen molar-refractivity contribution < 1.29 is 0 Å². The predicted molar refractivity (Wildman–Crippen MR) is 79.3 cm³/mol. The molecule has 0 bridgehead atoms. The molecule has 2 aromatic rings. The predicted octanol–water partition coefficient (Wildman–Crippen LogP) is 2.48. The van der Waals surface area contributed by atoms with Crippen molar-refractivity contribution in [1.29, 1.82) is 0 Å². The summed E-state index contributed by atoms with van der Waals surface area (Å²) in [7, 11) is 2.11. The minimum absolute atomic E-state index is 0.750. The molecule has 0 aliphatic heterocycles. The fourth-order valence-electron chi connectivity index (χ4n) is 1.95. The maximum atomic E-state index is 4.68. The Labute approximate surface area is 121 Å². The molecule has 2 heterocycles. The van der Waals surface area contributed by atoms with Crippen molar-refractivity contribution in [3.63, 3.8) is 0 Å². The summed E-state index contributed by atoms with van der Waals surface area (Å²) in [6.45, 7) is 2.69. The number of hydrogen-bond acceptors (Lipinski definition) is 6. The van der Waals surface area contributed by atoms with Crippen LogP contribution in [0.2, 0.25) is 0 Å². The number of hydrogen-bond donors (Lipinski definition) is 1. The van der Waals surface area contributed by atoms with E-state index >= 15 is 0 Å². The van der Waals surface area contributed by atoms with Crippen molar-refractivity contribution in [2.24, 2.45) is 0 Å². The second-order valence-electron chi connectivity index (χ2n) is 5.04. The van der Waals surface area contributed by atoms with Crippen LogP contribution >= 0.6 is 22.7 Å². The minimum atomic E-state index is 0.750. The lowest BCUT2D eigenvalue weighted by Gasteiger charge is -2.13. The molecule has 1 N–H and O–H groups in total. The average molecular weight is 294 g/mol. The van der Waals surface area contributed by atoms with Gasteiger partial charge in [0.05, 0.1) is 16.9 Å². The average Bonchev–Trinajstić information content (AvgIpc) is 2.88. The zero-order chi connectivity index (χ0) is 13.1. The van der Waals surface area contributed by atoms with Crippen LogP contribution in [0.15, 0.2) is 16.3 Å². The number of aromatic nitrogens is 2. The molecule has 0 saturated heterocycles. The lowest BCUT2D eigenvalue weighted by atomic mass is 10.4. The number of thiazole rings is 2. The molecule has 1 saturated carbocycles. The highest BCUT2D eigenvalue weighted by molar-refractivity contribution is 7.09. The third kappa shape index (κ3) is 4.07. The highest BCUT2D eigenvalue weighted by Gasteiger charge is 2.20. The molecule has 6 heteroatoms. The van der Waals surface area contributed by atoms with Gasteiger partial charge >= 0.3 is 0 Å². The van der Waals surface area contributed by atoms with Gasteiger partial charge in [-0.1, -0.05) is 0 Å². The highest BCUT2D eigenvalue weighted by atomic mass is 32.1. The molecule has 0 spiro atoms. The van der Waals surface area contributed by atoms with Crippen LogP contribution in [0.5, 0.6) is 0 Å². The smallest absolute Gasteiger partial charge is 0.107 e. The second-order valence-corrected chi connectivity index (χ2v) is 6.70. The molecule has 19 heavy (non-hydrogen) atoms. The van der Waals surface area contributed by atoms with Gasteiger partial charge in [0, 0.05) is 36.4 Å². The van der Waals surface area contributed by atoms with Gasteiger partial charge in [-0.2, -0.15) is 0 Å². The number of nitrogens with zero attached hydrogens (tertiary/aromatic N) is 3. The van der Waals surface area contributed by atoms with Gasteiger partial charge in [0.15, 0.2) is 0 Å². The van der Waals surface area contributed by atoms with Crippen LogP contribution < -0.4 is 5.32 Å². The monoisotopic (exact) mass is 294 g/mol. The first-order valence-corrected chi connectivity index (χ1v) is 8.34. The SMILES string of the molecule is CN(Cc1cscn1)Cc1csc(CNC2CC2)n1. The van der Waals surface area contributed by atoms with Crippen molar-refractivity contribution in [3.05, 3.63) is 32.7 Å². The maximum absolute atomic E-state index is 4.68. The number of nitrogens with one attached hydrogen (secondary N) is 1. The molecule has 2 aromatic heterocycles. The molecular formula is C13H18N4S2. The van der Waals surface area contributed by atoms with Gasteiger partial charge < -0.3 is 5.32 Å². The summed E-state index contributed by atoms with van der Waals surface area (Å²) in [6.07, 6.45) is 2.66. The van der Waals surface area contributed by atoms with Crippen molar-refractivity contribution in [2.75, 3.05) is 7.05 Å². The van der Waals surface area contributed by atoms with Crippen LogP contribution in [0.3, 0.4) is 0 Å². The largest absolute Gasteiger partial charge is 0.308 e. The fourth-order valence-corrected chi connectivity index (χ4v) is 3.23. The Morgan fingerprint density at radius 1 is 1.32 bits per heavy atom. The van der Waals surface area contributed by atoms with Crippen molar-refractivity contribution in [3.8, 4) is 0 Å². The third-order valence-electron chi connectivity index (χ3n) is 3.07. The molecule has 0 aromatic carbocycles. The van der Waals surface area contributed by atoms with Crippen LogP contribution in [0.1, 0.15) is 29.2 Å². The molecule has 102 valence electrons. The minimum Gasteiger partial charge on any atom is -0.308 e. The second kappa shape index (κ2) is 6.09. The molecule has 1 fully saturated rings. The van der Waals surface area contributed by atoms with E-state index in [-0.39, 0.29) is 0 Å². The van der Waals surface area contributed by atoms with Gasteiger partial charge in [0.2, 0.25) is 0 Å². The molecule has 1 aliphatic rings. The summed E-state index contributed by atoms with van der Waals surface area (Å²) in [4.78, 5) is 11.2. The van der Waals surface area contributed by atoms with E-state index in [9.17, 15) is 0 Å². The van der Waals surface area contributed by atoms with E-state index in [0.717, 1.165) is 37.1 Å². The van der Waals surface area contributed by atoms with Crippen LogP contribution in [-0.2, 0) is 19.6 Å². The zero-order valence-electron chi connectivity index (χ0n) is 11.0. The molecule has 1 aliphatic carbocycles. The summed E-state index contributed by atoms with van der Waals surface area (Å²) >= 11 is 3.40. The van der Waals surface area contributed by atoms with Crippen molar-refractivity contribution >= 4 is 22.7 Å². The normalized spacial score (nSPS) is 15.3. The van der Waals surface area contributed by atoms with E-state index in [1.807, 2.05) is 5.51 Å². The first-order valence-electron chi connectivity index (χ1n) is 6.52. The maximum Gasteiger partial charge on any atom is 0.107 e. The number of rotatable bonds is 7. The van der Waals surface area contributed by atoms with Crippen molar-refractivity contribution in [1.82, 2.24) is 20.2 Å². The Kier molecular flexibility index (Phi) is 4.22. The Morgan fingerprint density at radius 2 is 2.16 bits per heavy atom. The molecular weight excluding hydrogens is 276 g/mol. The quantitative estimate of drug-likeness (QED) is 0.852. The third-order valence-corrected chi connectivity index (χ3v) is 4.60. The Bertz CT molecular complexity index is 504. The van der Waals surface area contributed by atoms with E-state index in [0.29, 0.717) is 0 Å². The summed E-state index contributed by atoms with van der Waals surface area (Å²) in [5.74, 6) is 0.